The minimum atomic E-state index is -4.58. The highest BCUT2D eigenvalue weighted by Gasteiger charge is 2.33. The maximum atomic E-state index is 13.2. The predicted molar refractivity (Wildman–Crippen MR) is 87.5 cm³/mol. The van der Waals surface area contributed by atoms with Crippen LogP contribution in [0.5, 0.6) is 11.6 Å². The van der Waals surface area contributed by atoms with Crippen molar-refractivity contribution in [2.24, 2.45) is 0 Å². The molecule has 0 radical (unpaired) electrons. The second-order valence-corrected chi connectivity index (χ2v) is 5.26. The first-order valence-electron chi connectivity index (χ1n) is 7.19. The van der Waals surface area contributed by atoms with Gasteiger partial charge in [-0.3, -0.25) is 0 Å². The molecule has 25 heavy (non-hydrogen) atoms. The van der Waals surface area contributed by atoms with E-state index in [1.165, 1.54) is 32.5 Å². The monoisotopic (exact) mass is 349 g/mol. The van der Waals surface area contributed by atoms with Gasteiger partial charge in [0.2, 0.25) is 5.88 Å². The number of halogens is 3. The van der Waals surface area contributed by atoms with Gasteiger partial charge in [0.15, 0.2) is 0 Å². The minimum absolute atomic E-state index is 0.194. The lowest BCUT2D eigenvalue weighted by Crippen LogP contribution is -2.08. The second-order valence-electron chi connectivity index (χ2n) is 5.26. The van der Waals surface area contributed by atoms with E-state index < -0.39 is 11.9 Å². The Morgan fingerprint density at radius 2 is 1.80 bits per heavy atom. The Hall–Kier alpha value is -3.03. The van der Waals surface area contributed by atoms with Gasteiger partial charge < -0.3 is 15.2 Å². The first-order chi connectivity index (χ1) is 11.8. The van der Waals surface area contributed by atoms with Crippen molar-refractivity contribution in [3.8, 4) is 22.8 Å². The van der Waals surface area contributed by atoms with Crippen LogP contribution in [0.2, 0.25) is 0 Å². The van der Waals surface area contributed by atoms with E-state index in [4.69, 9.17) is 15.2 Å². The topological polar surface area (TPSA) is 70.3 Å². The van der Waals surface area contributed by atoms with Crippen LogP contribution in [0.1, 0.15) is 5.69 Å². The number of rotatable bonds is 3. The lowest BCUT2D eigenvalue weighted by Gasteiger charge is -2.13. The molecule has 0 bridgehead atoms. The molecule has 0 unspecified atom stereocenters. The summed E-state index contributed by atoms with van der Waals surface area (Å²) in [6.45, 7) is 0. The van der Waals surface area contributed by atoms with Gasteiger partial charge in [-0.2, -0.15) is 13.2 Å². The average molecular weight is 349 g/mol. The molecular weight excluding hydrogens is 335 g/mol. The van der Waals surface area contributed by atoms with E-state index in [1.54, 1.807) is 12.1 Å². The van der Waals surface area contributed by atoms with E-state index in [1.807, 2.05) is 0 Å². The molecule has 2 heterocycles. The minimum Gasteiger partial charge on any atom is -0.497 e. The Bertz CT molecular complexity index is 942. The van der Waals surface area contributed by atoms with Gasteiger partial charge in [-0.25, -0.2) is 9.97 Å². The van der Waals surface area contributed by atoms with Crippen molar-refractivity contribution in [1.29, 1.82) is 0 Å². The van der Waals surface area contributed by atoms with Gasteiger partial charge in [-0.1, -0.05) is 0 Å². The Kier molecular flexibility index (Phi) is 4.12. The van der Waals surface area contributed by atoms with Gasteiger partial charge in [-0.05, 0) is 35.9 Å². The number of aromatic nitrogens is 2. The van der Waals surface area contributed by atoms with Crippen LogP contribution in [0.15, 0.2) is 36.5 Å². The Balaban J connectivity index is 2.31. The summed E-state index contributed by atoms with van der Waals surface area (Å²) in [5.74, 6) is 0.709. The summed E-state index contributed by atoms with van der Waals surface area (Å²) in [5, 5.41) is 0.499. The molecule has 130 valence electrons. The number of methoxy groups -OCH3 is 2. The van der Waals surface area contributed by atoms with E-state index in [9.17, 15) is 13.2 Å². The van der Waals surface area contributed by atoms with E-state index in [2.05, 4.69) is 9.97 Å². The molecule has 3 rings (SSSR count). The van der Waals surface area contributed by atoms with Crippen LogP contribution in [-0.2, 0) is 6.18 Å². The number of ether oxygens (including phenoxy) is 2. The molecule has 8 heteroatoms. The van der Waals surface area contributed by atoms with E-state index in [0.29, 0.717) is 22.3 Å². The summed E-state index contributed by atoms with van der Waals surface area (Å²) >= 11 is 0. The van der Waals surface area contributed by atoms with Crippen LogP contribution >= 0.6 is 0 Å². The number of fused-ring (bicyclic) bond motifs is 1. The van der Waals surface area contributed by atoms with E-state index in [-0.39, 0.29) is 17.1 Å². The Morgan fingerprint density at radius 3 is 2.40 bits per heavy atom. The van der Waals surface area contributed by atoms with Gasteiger partial charge in [-0.15, -0.1) is 0 Å². The molecule has 0 atom stereocenters. The van der Waals surface area contributed by atoms with Crippen molar-refractivity contribution in [3.05, 3.63) is 42.2 Å². The van der Waals surface area contributed by atoms with Crippen molar-refractivity contribution in [3.63, 3.8) is 0 Å². The lowest BCUT2D eigenvalue weighted by atomic mass is 10.0. The third-order valence-corrected chi connectivity index (χ3v) is 3.69. The zero-order chi connectivity index (χ0) is 18.2. The maximum absolute atomic E-state index is 13.2. The number of hydrogen-bond donors (Lipinski definition) is 1. The van der Waals surface area contributed by atoms with Crippen molar-refractivity contribution in [2.75, 3.05) is 20.0 Å². The third kappa shape index (κ3) is 3.15. The summed E-state index contributed by atoms with van der Waals surface area (Å²) in [4.78, 5) is 7.74. The number of alkyl halides is 3. The summed E-state index contributed by atoms with van der Waals surface area (Å²) < 4.78 is 49.8. The summed E-state index contributed by atoms with van der Waals surface area (Å²) in [5.41, 5.74) is 5.99. The number of anilines is 1. The van der Waals surface area contributed by atoms with Gasteiger partial charge in [0, 0.05) is 17.1 Å². The normalized spacial score (nSPS) is 11.6. The van der Waals surface area contributed by atoms with Crippen LogP contribution < -0.4 is 15.2 Å². The number of nitrogens with two attached hydrogens (primary N) is 1. The van der Waals surface area contributed by atoms with Gasteiger partial charge in [0.25, 0.3) is 0 Å². The Labute approximate surface area is 141 Å². The number of benzene rings is 1. The van der Waals surface area contributed by atoms with Crippen LogP contribution in [0.25, 0.3) is 22.0 Å². The molecule has 0 aliphatic heterocycles. The smallest absolute Gasteiger partial charge is 0.433 e. The highest BCUT2D eigenvalue weighted by molar-refractivity contribution is 5.96. The van der Waals surface area contributed by atoms with Crippen LogP contribution in [0.4, 0.5) is 18.9 Å². The molecule has 0 aliphatic rings. The zero-order valence-corrected chi connectivity index (χ0v) is 13.4. The largest absolute Gasteiger partial charge is 0.497 e. The summed E-state index contributed by atoms with van der Waals surface area (Å²) in [7, 11) is 2.89. The zero-order valence-electron chi connectivity index (χ0n) is 13.4. The quantitative estimate of drug-likeness (QED) is 0.776. The summed E-state index contributed by atoms with van der Waals surface area (Å²) in [6.07, 6.45) is -3.17. The highest BCUT2D eigenvalue weighted by atomic mass is 19.4. The molecule has 2 aromatic heterocycles. The fraction of sp³-hybridized carbons (Fsp3) is 0.176. The summed E-state index contributed by atoms with van der Waals surface area (Å²) in [6, 6.07) is 7.15. The fourth-order valence-corrected chi connectivity index (χ4v) is 2.50. The van der Waals surface area contributed by atoms with Crippen LogP contribution in [-0.4, -0.2) is 24.2 Å². The second kappa shape index (κ2) is 6.12. The molecule has 0 aliphatic carbocycles. The van der Waals surface area contributed by atoms with Crippen molar-refractivity contribution in [1.82, 2.24) is 9.97 Å². The molecule has 0 saturated heterocycles. The predicted octanol–water partition coefficient (Wildman–Crippen LogP) is 3.92. The van der Waals surface area contributed by atoms with E-state index >= 15 is 0 Å². The van der Waals surface area contributed by atoms with Crippen LogP contribution in [0.3, 0.4) is 0 Å². The molecule has 0 amide bonds. The fourth-order valence-electron chi connectivity index (χ4n) is 2.50. The Morgan fingerprint density at radius 1 is 1.04 bits per heavy atom. The number of pyridine rings is 2. The average Bonchev–Trinajstić information content (AvgIpc) is 2.59. The highest BCUT2D eigenvalue weighted by Crippen LogP contribution is 2.37. The SMILES string of the molecule is COc1ccc2nc(C(F)(F)F)cc(-c3cnc(OC)c(N)c3)c2c1. The standard InChI is InChI=1S/C17H14F3N3O2/c1-24-10-3-4-14-12(6-10)11(7-15(23-14)17(18,19)20)9-5-13(21)16(25-2)22-8-9/h3-8H,21H2,1-2H3. The van der Waals surface area contributed by atoms with E-state index in [0.717, 1.165) is 6.07 Å². The third-order valence-electron chi connectivity index (χ3n) is 3.69. The van der Waals surface area contributed by atoms with Gasteiger partial charge in [0.1, 0.15) is 11.4 Å². The first-order valence-corrected chi connectivity index (χ1v) is 7.19. The molecule has 5 nitrogen and oxygen atoms in total. The van der Waals surface area contributed by atoms with Crippen molar-refractivity contribution in [2.45, 2.75) is 6.18 Å². The molecule has 0 fully saturated rings. The van der Waals surface area contributed by atoms with Crippen molar-refractivity contribution >= 4 is 16.6 Å². The molecule has 2 N–H and O–H groups in total. The number of nitrogen functional groups attached to an aromatic ring is 1. The molecular formula is C17H14F3N3O2. The first kappa shape index (κ1) is 16.8. The molecule has 0 spiro atoms. The number of hydrogen-bond acceptors (Lipinski definition) is 5. The van der Waals surface area contributed by atoms with Crippen molar-refractivity contribution < 1.29 is 22.6 Å². The van der Waals surface area contributed by atoms with Gasteiger partial charge >= 0.3 is 6.18 Å². The molecule has 0 saturated carbocycles. The lowest BCUT2D eigenvalue weighted by molar-refractivity contribution is -0.140. The number of nitrogens with zero attached hydrogens (tertiary/aromatic N) is 2. The molecule has 3 aromatic rings. The maximum Gasteiger partial charge on any atom is 0.433 e. The van der Waals surface area contributed by atoms with Gasteiger partial charge in [0.05, 0.1) is 25.4 Å². The molecule has 1 aromatic carbocycles. The van der Waals surface area contributed by atoms with Crippen LogP contribution in [0, 0.1) is 0 Å².